The number of cyclic esters (lactones) is 2. The van der Waals surface area contributed by atoms with Gasteiger partial charge in [-0.3, -0.25) is 62.9 Å². The van der Waals surface area contributed by atoms with Crippen molar-refractivity contribution in [2.75, 3.05) is 61.2 Å². The third kappa shape index (κ3) is 18.5. The minimum atomic E-state index is -1.86. The van der Waals surface area contributed by atoms with Crippen LogP contribution in [0.3, 0.4) is 0 Å². The number of benzene rings is 3. The van der Waals surface area contributed by atoms with Crippen molar-refractivity contribution in [2.45, 2.75) is 190 Å². The normalized spacial score (nSPS) is 25.0. The van der Waals surface area contributed by atoms with Gasteiger partial charge in [-0.15, -0.1) is 0 Å². The van der Waals surface area contributed by atoms with Crippen LogP contribution >= 0.6 is 0 Å². The van der Waals surface area contributed by atoms with E-state index in [0.29, 0.717) is 55.5 Å². The lowest BCUT2D eigenvalue weighted by molar-refractivity contribution is -0.385. The zero-order chi connectivity index (χ0) is 85.7. The number of amides is 8. The molecule has 34 nitrogen and oxygen atoms in total. The van der Waals surface area contributed by atoms with Gasteiger partial charge in [0.2, 0.25) is 40.9 Å². The van der Waals surface area contributed by atoms with Gasteiger partial charge in [0.1, 0.15) is 47.6 Å². The van der Waals surface area contributed by atoms with Crippen LogP contribution in [0.2, 0.25) is 0 Å². The van der Waals surface area contributed by atoms with Crippen molar-refractivity contribution in [1.29, 1.82) is 0 Å². The SMILES string of the molecule is COC(=O)C1=C(C)NC(C)=C(C(=O)OC)C1c1ccccc1[N+](=O)[O-].Cc1c2oc3c(C)ccc(C(=O)NC4C(=O)NC(C(C)C)C(=O)C5CCCC5C(=O)N(C)CC(=O)N(C)C(C(C)C)C(=O)OC4C)c3nc-2c(C(=O)NC2C(=O)NC(C(C)C)C(=O)C3CCCC3C(=O)N(C)CC(=O)N(C)C(C(C)C)C(=O)OC2C)c(N)c1=O. The quantitative estimate of drug-likeness (QED) is 0.0274. The van der Waals surface area contributed by atoms with Crippen molar-refractivity contribution < 1.29 is 95.4 Å². The number of para-hydroxylation sites is 1. The molecule has 7 aliphatic rings. The second kappa shape index (κ2) is 36.8. The molecule has 2 aromatic rings. The highest BCUT2D eigenvalue weighted by Crippen LogP contribution is 2.44. The van der Waals surface area contributed by atoms with E-state index in [-0.39, 0.29) is 56.1 Å². The van der Waals surface area contributed by atoms with Gasteiger partial charge in [-0.1, -0.05) is 92.5 Å². The highest BCUT2D eigenvalue weighted by molar-refractivity contribution is 6.11. The Bertz CT molecular complexity index is 4640. The number of hydrogen-bond donors (Lipinski definition) is 6. The van der Waals surface area contributed by atoms with E-state index in [0.717, 1.165) is 9.80 Å². The summed E-state index contributed by atoms with van der Waals surface area (Å²) in [7, 11) is 8.08. The van der Waals surface area contributed by atoms with E-state index in [1.807, 2.05) is 0 Å². The summed E-state index contributed by atoms with van der Waals surface area (Å²) in [6.07, 6.45) is -0.654. The molecule has 0 aromatic heterocycles. The highest BCUT2D eigenvalue weighted by atomic mass is 16.6. The zero-order valence-corrected chi connectivity index (χ0v) is 68.7. The van der Waals surface area contributed by atoms with E-state index in [1.54, 1.807) is 82.2 Å². The topological polar surface area (TPSA) is 461 Å². The van der Waals surface area contributed by atoms with Crippen LogP contribution in [-0.4, -0.2) is 216 Å². The summed E-state index contributed by atoms with van der Waals surface area (Å²) in [5.41, 5.74) is 4.86. The average molecular weight is 1600 g/mol. The number of esters is 4. The second-order valence-electron chi connectivity index (χ2n) is 31.7. The lowest BCUT2D eigenvalue weighted by Crippen LogP contribution is -2.59. The molecule has 0 bridgehead atoms. The predicted molar refractivity (Wildman–Crippen MR) is 416 cm³/mol. The number of ether oxygens (including phenoxy) is 4. The first-order valence-corrected chi connectivity index (χ1v) is 38.4. The van der Waals surface area contributed by atoms with Crippen molar-refractivity contribution in [3.05, 3.63) is 107 Å². The van der Waals surface area contributed by atoms with Crippen molar-refractivity contribution >= 4 is 105 Å². The van der Waals surface area contributed by atoms with E-state index < -0.39 is 219 Å². The number of carbonyl (C=O) groups is 14. The molecule has 34 heteroatoms. The number of rotatable bonds is 12. The fourth-order valence-electron chi connectivity index (χ4n) is 16.1. The summed E-state index contributed by atoms with van der Waals surface area (Å²) in [5, 5.41) is 25.2. The molecular formula is C81H106N12O22. The first-order valence-electron chi connectivity index (χ1n) is 38.4. The van der Waals surface area contributed by atoms with Crippen LogP contribution < -0.4 is 37.7 Å². The van der Waals surface area contributed by atoms with Gasteiger partial charge in [-0.25, -0.2) is 24.2 Å². The first kappa shape index (κ1) is 89.1. The lowest BCUT2D eigenvalue weighted by Gasteiger charge is -2.35. The van der Waals surface area contributed by atoms with Gasteiger partial charge < -0.3 is 75.3 Å². The van der Waals surface area contributed by atoms with E-state index in [1.165, 1.54) is 103 Å². The molecule has 3 aliphatic carbocycles. The number of nitrogens with two attached hydrogens (primary N) is 1. The Morgan fingerprint density at radius 1 is 0.609 bits per heavy atom. The van der Waals surface area contributed by atoms with Gasteiger partial charge in [-0.2, -0.15) is 0 Å². The summed E-state index contributed by atoms with van der Waals surface area (Å²) in [4.78, 5) is 233. The largest absolute Gasteiger partial charge is 0.466 e. The molecule has 0 spiro atoms. The number of nitrogens with one attached hydrogen (secondary N) is 5. The molecule has 0 radical (unpaired) electrons. The Morgan fingerprint density at radius 2 is 1.03 bits per heavy atom. The monoisotopic (exact) mass is 1600 g/mol. The maximum atomic E-state index is 15.2. The van der Waals surface area contributed by atoms with Gasteiger partial charge in [-0.05, 0) is 103 Å². The molecule has 4 fully saturated rings. The van der Waals surface area contributed by atoms with Crippen LogP contribution in [0.5, 0.6) is 0 Å². The fourth-order valence-corrected chi connectivity index (χ4v) is 16.1. The third-order valence-corrected chi connectivity index (χ3v) is 22.4. The molecule has 2 aromatic carbocycles. The number of nitro benzene ring substituents is 1. The number of ketones is 2. The number of methoxy groups -OCH3 is 2. The van der Waals surface area contributed by atoms with E-state index in [9.17, 15) is 72.4 Å². The number of hydrogen-bond acceptors (Lipinski definition) is 25. The predicted octanol–water partition coefficient (Wildman–Crippen LogP) is 4.89. The molecule has 8 amide bonds. The molecule has 12 atom stereocenters. The summed E-state index contributed by atoms with van der Waals surface area (Å²) >= 11 is 0. The fraction of sp³-hybridized carbons (Fsp3) is 0.556. The third-order valence-electron chi connectivity index (χ3n) is 22.4. The summed E-state index contributed by atoms with van der Waals surface area (Å²) in [6.45, 7) is 21.6. The zero-order valence-electron chi connectivity index (χ0n) is 68.7. The molecule has 115 heavy (non-hydrogen) atoms. The Balaban J connectivity index is 0.000000560. The second-order valence-corrected chi connectivity index (χ2v) is 31.7. The Kier molecular flexibility index (Phi) is 28.5. The number of nitro groups is 1. The summed E-state index contributed by atoms with van der Waals surface area (Å²) in [6, 6.07) is 0.254. The maximum absolute atomic E-state index is 15.2. The molecule has 2 saturated carbocycles. The van der Waals surface area contributed by atoms with Crippen LogP contribution in [0.15, 0.2) is 68.2 Å². The van der Waals surface area contributed by atoms with Crippen molar-refractivity contribution in [2.24, 2.45) is 47.3 Å². The smallest absolute Gasteiger partial charge is 0.336 e. The van der Waals surface area contributed by atoms with Gasteiger partial charge in [0, 0.05) is 80.4 Å². The number of nitrogens with zero attached hydrogens (tertiary/aromatic N) is 6. The average Bonchev–Trinajstić information content (AvgIpc) is 0.920. The van der Waals surface area contributed by atoms with E-state index in [4.69, 9.17) is 34.1 Å². The number of aryl methyl sites for hydroxylation is 1. The van der Waals surface area contributed by atoms with Crippen molar-refractivity contribution in [1.82, 2.24) is 51.2 Å². The standard InChI is InChI=1S/C64H88N10O16.C17H18N2O6/c1-27(2)44-53(78)35-19-17-21-37(35)61(84)71(13)25-40(75)73(15)50(29(5)6)63(86)88-33(11)46(59(82)67-44)69-57(80)39-24-23-31(9)55-48(39)66-49-42(43(65)52(77)32(10)56(49)90-55)58(81)70-47-34(12)89-64(87)51(30(7)8)74(16)41(76)26-72(14)62(85)38-22-18-20-36(38)54(79)45(28(3)4)68-60(47)83;1-9-13(16(20)24-3)15(14(10(2)18-9)17(21)25-4)11-7-5-6-8-12(11)19(22)23/h23-24,27-30,33-38,44-47,50-51H,17-22,25-26,65H2,1-16H3,(H,67,82)(H,68,83)(H,69,80)(H,70,81);5-8,15,18H,1-4H3. The number of anilines is 1. The van der Waals surface area contributed by atoms with Crippen LogP contribution in [0, 0.1) is 71.3 Å². The Morgan fingerprint density at radius 3 is 1.45 bits per heavy atom. The number of carbonyl (C=O) groups excluding carboxylic acids is 14. The molecule has 4 heterocycles. The van der Waals surface area contributed by atoms with Gasteiger partial charge in [0.25, 0.3) is 17.5 Å². The van der Waals surface area contributed by atoms with Gasteiger partial charge in [0.15, 0.2) is 22.9 Å². The molecular weight excluding hydrogens is 1490 g/mol. The lowest BCUT2D eigenvalue weighted by atomic mass is 9.79. The minimum Gasteiger partial charge on any atom is -0.466 e. The first-order chi connectivity index (χ1) is 53.9. The Hall–Kier alpha value is -11.5. The van der Waals surface area contributed by atoms with Crippen molar-refractivity contribution in [3.63, 3.8) is 0 Å². The molecule has 4 aliphatic heterocycles. The van der Waals surface area contributed by atoms with E-state index >= 15 is 9.59 Å². The number of Topliss-reactive ketones (excluding diaryl/α,β-unsaturated/α-hetero) is 2. The number of nitrogen functional groups attached to an aromatic ring is 1. The van der Waals surface area contributed by atoms with Crippen molar-refractivity contribution in [3.8, 4) is 11.5 Å². The highest BCUT2D eigenvalue weighted by Gasteiger charge is 2.49. The molecule has 7 N–H and O–H groups in total. The summed E-state index contributed by atoms with van der Waals surface area (Å²) < 4.78 is 28.0. The number of allylic oxidation sites excluding steroid dienone is 2. The number of fused-ring (bicyclic) bond motifs is 4. The minimum absolute atomic E-state index is 0.0668. The summed E-state index contributed by atoms with van der Waals surface area (Å²) in [5.74, 6) is -17.2. The molecule has 9 rings (SSSR count). The van der Waals surface area contributed by atoms with Crippen LogP contribution in [0.1, 0.15) is 165 Å². The van der Waals surface area contributed by atoms with Crippen LogP contribution in [-0.2, 0) is 76.5 Å². The maximum Gasteiger partial charge on any atom is 0.336 e. The number of likely N-dealkylation sites (N-methyl/N-ethyl adjacent to an activating group) is 4. The Labute approximate surface area is 665 Å². The molecule has 2 saturated heterocycles. The van der Waals surface area contributed by atoms with Gasteiger partial charge >= 0.3 is 23.9 Å². The number of dihydropyridines is 1. The number of aromatic nitrogens is 1. The molecule has 622 valence electrons. The molecule has 12 unspecified atom stereocenters. The van der Waals surface area contributed by atoms with Crippen LogP contribution in [0.25, 0.3) is 22.6 Å². The van der Waals surface area contributed by atoms with E-state index in [2.05, 4.69) is 26.6 Å². The van der Waals surface area contributed by atoms with Gasteiger partial charge in [0.05, 0.1) is 78.2 Å². The van der Waals surface area contributed by atoms with Crippen LogP contribution in [0.4, 0.5) is 11.4 Å².